The van der Waals surface area contributed by atoms with Gasteiger partial charge in [-0.1, -0.05) is 23.7 Å². The molecule has 0 heterocycles. The number of carbonyl (C=O) groups is 1. The third-order valence-electron chi connectivity index (χ3n) is 1.38. The van der Waals surface area contributed by atoms with E-state index in [1.807, 2.05) is 6.07 Å². The van der Waals surface area contributed by atoms with Gasteiger partial charge in [0.2, 0.25) is 0 Å². The average molecular weight is 134 g/mol. The van der Waals surface area contributed by atoms with Gasteiger partial charge in [0, 0.05) is 0 Å². The molecule has 0 aliphatic rings. The first-order valence-corrected chi connectivity index (χ1v) is 3.01. The van der Waals surface area contributed by atoms with Crippen LogP contribution in [0.5, 0.6) is 0 Å². The van der Waals surface area contributed by atoms with E-state index in [0.29, 0.717) is 5.56 Å². The van der Waals surface area contributed by atoms with Crippen molar-refractivity contribution in [3.63, 3.8) is 0 Å². The summed E-state index contributed by atoms with van der Waals surface area (Å²) in [6, 6.07) is 6.92. The van der Waals surface area contributed by atoms with Gasteiger partial charge in [-0.2, -0.15) is 0 Å². The van der Waals surface area contributed by atoms with E-state index in [2.05, 4.69) is 0 Å². The van der Waals surface area contributed by atoms with Gasteiger partial charge in [0.15, 0.2) is 0 Å². The maximum atomic E-state index is 10.4. The molecule has 0 atom stereocenters. The number of carboxylic acid groups (broad SMARTS) is 1. The molecule has 50 valence electrons. The minimum Gasteiger partial charge on any atom is -0.478 e. The molecule has 0 saturated heterocycles. The fourth-order valence-electron chi connectivity index (χ4n) is 0.813. The van der Waals surface area contributed by atoms with Crippen LogP contribution in [-0.2, 0) is 0 Å². The lowest BCUT2D eigenvalue weighted by Gasteiger charge is -1.96. The summed E-state index contributed by atoms with van der Waals surface area (Å²) in [6.07, 6.45) is 0. The summed E-state index contributed by atoms with van der Waals surface area (Å²) in [7, 11) is 1.78. The van der Waals surface area contributed by atoms with Crippen molar-refractivity contribution in [1.29, 1.82) is 0 Å². The number of carboxylic acids is 1. The Hall–Kier alpha value is -1.25. The molecule has 0 radical (unpaired) electrons. The van der Waals surface area contributed by atoms with Crippen molar-refractivity contribution < 1.29 is 9.90 Å². The summed E-state index contributed by atoms with van der Waals surface area (Å²) in [5.74, 6) is -0.863. The smallest absolute Gasteiger partial charge is 0.335 e. The molecule has 0 saturated carbocycles. The van der Waals surface area contributed by atoms with Crippen molar-refractivity contribution in [2.45, 2.75) is 0 Å². The Morgan fingerprint density at radius 2 is 2.00 bits per heavy atom. The summed E-state index contributed by atoms with van der Waals surface area (Å²) in [5, 5.41) is 8.57. The molecule has 3 heteroatoms. The van der Waals surface area contributed by atoms with E-state index in [0.717, 1.165) is 5.46 Å². The zero-order valence-corrected chi connectivity index (χ0v) is 5.66. The monoisotopic (exact) mass is 134 g/mol. The molecule has 2 nitrogen and oxygen atoms in total. The topological polar surface area (TPSA) is 37.3 Å². The summed E-state index contributed by atoms with van der Waals surface area (Å²) in [4.78, 5) is 10.4. The van der Waals surface area contributed by atoms with Crippen LogP contribution in [0, 0.1) is 0 Å². The summed E-state index contributed by atoms with van der Waals surface area (Å²) in [6.45, 7) is 0. The molecular weight excluding hydrogens is 127 g/mol. The Morgan fingerprint density at radius 3 is 2.40 bits per heavy atom. The van der Waals surface area contributed by atoms with E-state index in [1.165, 1.54) is 0 Å². The highest BCUT2D eigenvalue weighted by atomic mass is 16.4. The van der Waals surface area contributed by atoms with E-state index >= 15 is 0 Å². The molecule has 10 heavy (non-hydrogen) atoms. The molecule has 0 aliphatic heterocycles. The van der Waals surface area contributed by atoms with E-state index < -0.39 is 5.97 Å². The highest BCUT2D eigenvalue weighted by Gasteiger charge is 2.02. The Bertz CT molecular complexity index is 258. The molecule has 0 aromatic heterocycles. The fourth-order valence-corrected chi connectivity index (χ4v) is 0.813. The maximum Gasteiger partial charge on any atom is 0.335 e. The van der Waals surface area contributed by atoms with Crippen LogP contribution in [0.25, 0.3) is 0 Å². The lowest BCUT2D eigenvalue weighted by atomic mass is 9.91. The second-order valence-electron chi connectivity index (χ2n) is 2.12. The summed E-state index contributed by atoms with van der Waals surface area (Å²) >= 11 is 0. The van der Waals surface area contributed by atoms with Crippen molar-refractivity contribution in [2.75, 3.05) is 0 Å². The Labute approximate surface area is 59.9 Å². The number of aromatic carboxylic acids is 1. The minimum absolute atomic E-state index is 0.377. The molecular formula is C7H7BO2. The Balaban J connectivity index is 3.15. The predicted octanol–water partition coefficient (Wildman–Crippen LogP) is -0.357. The van der Waals surface area contributed by atoms with Crippen molar-refractivity contribution in [3.05, 3.63) is 29.8 Å². The van der Waals surface area contributed by atoms with Gasteiger partial charge in [0.25, 0.3) is 0 Å². The van der Waals surface area contributed by atoms with Crippen molar-refractivity contribution in [1.82, 2.24) is 0 Å². The van der Waals surface area contributed by atoms with Gasteiger partial charge >= 0.3 is 5.97 Å². The number of rotatable bonds is 1. The summed E-state index contributed by atoms with van der Waals surface area (Å²) in [5.41, 5.74) is 1.18. The molecule has 1 rings (SSSR count). The number of benzene rings is 1. The summed E-state index contributed by atoms with van der Waals surface area (Å²) < 4.78 is 0. The van der Waals surface area contributed by atoms with Gasteiger partial charge in [0.05, 0.1) is 5.56 Å². The van der Waals surface area contributed by atoms with Crippen LogP contribution in [-0.4, -0.2) is 18.9 Å². The highest BCUT2D eigenvalue weighted by Crippen LogP contribution is 1.92. The minimum atomic E-state index is -0.863. The van der Waals surface area contributed by atoms with Gasteiger partial charge in [0.1, 0.15) is 7.85 Å². The van der Waals surface area contributed by atoms with E-state index in [9.17, 15) is 4.79 Å². The van der Waals surface area contributed by atoms with Gasteiger partial charge < -0.3 is 5.11 Å². The van der Waals surface area contributed by atoms with Gasteiger partial charge in [-0.3, -0.25) is 0 Å². The Kier molecular flexibility index (Phi) is 1.76. The van der Waals surface area contributed by atoms with Crippen LogP contribution in [0.2, 0.25) is 0 Å². The van der Waals surface area contributed by atoms with Crippen molar-refractivity contribution in [2.24, 2.45) is 0 Å². The first kappa shape index (κ1) is 6.87. The van der Waals surface area contributed by atoms with E-state index in [1.54, 1.807) is 26.0 Å². The third kappa shape index (κ3) is 1.18. The molecule has 1 N–H and O–H groups in total. The fraction of sp³-hybridized carbons (Fsp3) is 0. The Morgan fingerprint density at radius 1 is 1.40 bits per heavy atom. The van der Waals surface area contributed by atoms with E-state index in [-0.39, 0.29) is 0 Å². The van der Waals surface area contributed by atoms with Crippen LogP contribution in [0.15, 0.2) is 24.3 Å². The third-order valence-corrected chi connectivity index (χ3v) is 1.38. The number of hydrogen-bond donors (Lipinski definition) is 1. The molecule has 1 aromatic carbocycles. The SMILES string of the molecule is Bc1ccccc1C(=O)O. The van der Waals surface area contributed by atoms with E-state index in [4.69, 9.17) is 5.11 Å². The lowest BCUT2D eigenvalue weighted by molar-refractivity contribution is 0.0698. The molecule has 0 amide bonds. The van der Waals surface area contributed by atoms with Crippen molar-refractivity contribution >= 4 is 19.3 Å². The number of hydrogen-bond acceptors (Lipinski definition) is 1. The normalized spacial score (nSPS) is 9.20. The maximum absolute atomic E-state index is 10.4. The standard InChI is InChI=1S/C7H7BO2/c8-6-4-2-1-3-5(6)7(9)10/h1-4H,8H2,(H,9,10). The second kappa shape index (κ2) is 2.56. The molecule has 0 fully saturated rings. The quantitative estimate of drug-likeness (QED) is 0.532. The van der Waals surface area contributed by atoms with Crippen molar-refractivity contribution in [3.8, 4) is 0 Å². The van der Waals surface area contributed by atoms with Crippen LogP contribution >= 0.6 is 0 Å². The first-order chi connectivity index (χ1) is 4.72. The van der Waals surface area contributed by atoms with Crippen LogP contribution in [0.4, 0.5) is 0 Å². The van der Waals surface area contributed by atoms with Gasteiger partial charge in [-0.15, -0.1) is 0 Å². The van der Waals surface area contributed by atoms with Gasteiger partial charge in [-0.25, -0.2) is 4.79 Å². The van der Waals surface area contributed by atoms with Gasteiger partial charge in [-0.05, 0) is 6.07 Å². The molecule has 0 bridgehead atoms. The van der Waals surface area contributed by atoms with Crippen LogP contribution in [0.1, 0.15) is 10.4 Å². The lowest BCUT2D eigenvalue weighted by Crippen LogP contribution is -2.14. The highest BCUT2D eigenvalue weighted by molar-refractivity contribution is 6.36. The van der Waals surface area contributed by atoms with Crippen LogP contribution < -0.4 is 5.46 Å². The predicted molar refractivity (Wildman–Crippen MR) is 41.6 cm³/mol. The zero-order valence-electron chi connectivity index (χ0n) is 5.66. The average Bonchev–Trinajstić information content (AvgIpc) is 1.88. The molecule has 0 aliphatic carbocycles. The largest absolute Gasteiger partial charge is 0.478 e. The molecule has 1 aromatic rings. The molecule has 0 spiro atoms. The molecule has 0 unspecified atom stereocenters. The van der Waals surface area contributed by atoms with Crippen LogP contribution in [0.3, 0.4) is 0 Å². The second-order valence-corrected chi connectivity index (χ2v) is 2.12. The zero-order chi connectivity index (χ0) is 7.56. The first-order valence-electron chi connectivity index (χ1n) is 3.01.